The normalized spacial score (nSPS) is 12.1. The van der Waals surface area contributed by atoms with Crippen LogP contribution >= 0.6 is 11.6 Å². The molecule has 1 N–H and O–H groups in total. The van der Waals surface area contributed by atoms with Crippen LogP contribution in [0.3, 0.4) is 0 Å². The summed E-state index contributed by atoms with van der Waals surface area (Å²) in [7, 11) is -1.04. The van der Waals surface area contributed by atoms with Gasteiger partial charge in [0.25, 0.3) is 0 Å². The van der Waals surface area contributed by atoms with E-state index in [1.807, 2.05) is 13.8 Å². The number of carbonyl (C=O) groups excluding carboxylic acids is 2. The van der Waals surface area contributed by atoms with Crippen LogP contribution in [0.5, 0.6) is 11.5 Å². The fraction of sp³-hybridized carbons (Fsp3) is 0.417. The first kappa shape index (κ1) is 28.3. The third kappa shape index (κ3) is 7.50. The number of nitrogens with zero attached hydrogens (tertiary/aromatic N) is 2. The van der Waals surface area contributed by atoms with E-state index in [9.17, 15) is 18.0 Å². The molecule has 2 amide bonds. The van der Waals surface area contributed by atoms with Crippen LogP contribution in [0, 0.1) is 0 Å². The second kappa shape index (κ2) is 12.1. The SMILES string of the molecule is COc1ccc(N(CC(=O)N(Cc2ccccc2Cl)[C@H](C)C(=O)NC(C)C)S(C)(=O)=O)c(OC)c1. The van der Waals surface area contributed by atoms with Crippen LogP contribution in [0.1, 0.15) is 26.3 Å². The summed E-state index contributed by atoms with van der Waals surface area (Å²) in [5.41, 5.74) is 0.792. The number of carbonyl (C=O) groups is 2. The van der Waals surface area contributed by atoms with Gasteiger partial charge in [-0.3, -0.25) is 13.9 Å². The number of amides is 2. The number of anilines is 1. The van der Waals surface area contributed by atoms with Gasteiger partial charge in [-0.2, -0.15) is 0 Å². The lowest BCUT2D eigenvalue weighted by atomic mass is 10.1. The van der Waals surface area contributed by atoms with Gasteiger partial charge in [-0.1, -0.05) is 29.8 Å². The third-order valence-corrected chi connectivity index (χ3v) is 6.73. The molecular weight excluding hydrogens is 494 g/mol. The molecule has 0 unspecified atom stereocenters. The molecule has 0 saturated heterocycles. The number of benzene rings is 2. The molecule has 11 heteroatoms. The number of sulfonamides is 1. The van der Waals surface area contributed by atoms with Crippen molar-refractivity contribution >= 4 is 39.1 Å². The average molecular weight is 526 g/mol. The quantitative estimate of drug-likeness (QED) is 0.483. The molecule has 35 heavy (non-hydrogen) atoms. The zero-order valence-corrected chi connectivity index (χ0v) is 22.3. The van der Waals surface area contributed by atoms with Crippen molar-refractivity contribution in [3.8, 4) is 11.5 Å². The standard InChI is InChI=1S/C24H32ClN3O6S/c1-16(2)26-24(30)17(3)27(14-18-9-7-8-10-20(18)25)23(29)15-28(35(6,31)32)21-12-11-19(33-4)13-22(21)34-5/h7-13,16-17H,14-15H2,1-6H3,(H,26,30)/t17-/m1/s1. The molecule has 2 aromatic rings. The Morgan fingerprint density at radius 2 is 1.71 bits per heavy atom. The number of hydrogen-bond acceptors (Lipinski definition) is 6. The third-order valence-electron chi connectivity index (χ3n) is 5.23. The van der Waals surface area contributed by atoms with Gasteiger partial charge in [0.15, 0.2) is 0 Å². The summed E-state index contributed by atoms with van der Waals surface area (Å²) in [5.74, 6) is -0.275. The number of nitrogens with one attached hydrogen (secondary N) is 1. The van der Waals surface area contributed by atoms with E-state index in [2.05, 4.69) is 5.32 Å². The summed E-state index contributed by atoms with van der Waals surface area (Å²) in [6, 6.07) is 10.5. The summed E-state index contributed by atoms with van der Waals surface area (Å²) in [5, 5.41) is 3.22. The van der Waals surface area contributed by atoms with Gasteiger partial charge in [-0.05, 0) is 44.5 Å². The zero-order chi connectivity index (χ0) is 26.3. The van der Waals surface area contributed by atoms with Crippen molar-refractivity contribution < 1.29 is 27.5 Å². The molecule has 2 aromatic carbocycles. The van der Waals surface area contributed by atoms with Crippen LogP contribution in [0.15, 0.2) is 42.5 Å². The summed E-state index contributed by atoms with van der Waals surface area (Å²) in [4.78, 5) is 27.7. The Hall–Kier alpha value is -2.98. The van der Waals surface area contributed by atoms with Gasteiger partial charge < -0.3 is 19.7 Å². The van der Waals surface area contributed by atoms with Crippen LogP contribution in [-0.4, -0.2) is 64.2 Å². The largest absolute Gasteiger partial charge is 0.497 e. The Balaban J connectivity index is 2.48. The molecule has 0 heterocycles. The van der Waals surface area contributed by atoms with Gasteiger partial charge in [0.05, 0.1) is 26.2 Å². The molecule has 1 atom stereocenters. The summed E-state index contributed by atoms with van der Waals surface area (Å²) >= 11 is 6.31. The van der Waals surface area contributed by atoms with Crippen molar-refractivity contribution in [3.63, 3.8) is 0 Å². The summed E-state index contributed by atoms with van der Waals surface area (Å²) in [6.45, 7) is 4.68. The molecule has 0 aliphatic heterocycles. The summed E-state index contributed by atoms with van der Waals surface area (Å²) in [6.07, 6.45) is 0.997. The molecule has 0 saturated carbocycles. The highest BCUT2D eigenvalue weighted by Crippen LogP contribution is 2.33. The van der Waals surface area contributed by atoms with Gasteiger partial charge in [0.1, 0.15) is 24.1 Å². The summed E-state index contributed by atoms with van der Waals surface area (Å²) < 4.78 is 37.0. The van der Waals surface area contributed by atoms with Gasteiger partial charge in [0.2, 0.25) is 21.8 Å². The maximum atomic E-state index is 13.6. The Kier molecular flexibility index (Phi) is 9.79. The van der Waals surface area contributed by atoms with Crippen LogP contribution in [0.25, 0.3) is 0 Å². The maximum Gasteiger partial charge on any atom is 0.244 e. The van der Waals surface area contributed by atoms with E-state index in [0.717, 1.165) is 10.6 Å². The minimum absolute atomic E-state index is 0.0164. The van der Waals surface area contributed by atoms with E-state index in [4.69, 9.17) is 21.1 Å². The molecule has 0 aliphatic rings. The van der Waals surface area contributed by atoms with Gasteiger partial charge in [-0.25, -0.2) is 8.42 Å². The molecule has 0 spiro atoms. The zero-order valence-electron chi connectivity index (χ0n) is 20.7. The highest BCUT2D eigenvalue weighted by atomic mass is 35.5. The van der Waals surface area contributed by atoms with E-state index < -0.39 is 28.5 Å². The number of rotatable bonds is 11. The lowest BCUT2D eigenvalue weighted by Crippen LogP contribution is -2.52. The predicted octanol–water partition coefficient (Wildman–Crippen LogP) is 3.07. The van der Waals surface area contributed by atoms with Gasteiger partial charge >= 0.3 is 0 Å². The first-order valence-corrected chi connectivity index (χ1v) is 13.1. The van der Waals surface area contributed by atoms with Crippen molar-refractivity contribution in [1.29, 1.82) is 0 Å². The van der Waals surface area contributed by atoms with Crippen LogP contribution in [0.2, 0.25) is 5.02 Å². The highest BCUT2D eigenvalue weighted by Gasteiger charge is 2.31. The fourth-order valence-corrected chi connectivity index (χ4v) is 4.43. The second-order valence-corrected chi connectivity index (χ2v) is 10.6. The Labute approximate surface area is 212 Å². The highest BCUT2D eigenvalue weighted by molar-refractivity contribution is 7.92. The smallest absolute Gasteiger partial charge is 0.244 e. The number of ether oxygens (including phenoxy) is 2. The minimum Gasteiger partial charge on any atom is -0.497 e. The number of halogens is 1. The van der Waals surface area contributed by atoms with Crippen molar-refractivity contribution in [3.05, 3.63) is 53.1 Å². The van der Waals surface area contributed by atoms with E-state index in [1.54, 1.807) is 37.3 Å². The molecule has 0 fully saturated rings. The van der Waals surface area contributed by atoms with Crippen molar-refractivity contribution in [2.75, 3.05) is 31.3 Å². The maximum absolute atomic E-state index is 13.6. The van der Waals surface area contributed by atoms with Crippen LogP contribution in [-0.2, 0) is 26.2 Å². The lowest BCUT2D eigenvalue weighted by Gasteiger charge is -2.32. The second-order valence-electron chi connectivity index (χ2n) is 8.26. The minimum atomic E-state index is -3.91. The molecular formula is C24H32ClN3O6S. The van der Waals surface area contributed by atoms with E-state index in [1.165, 1.54) is 31.3 Å². The van der Waals surface area contributed by atoms with Crippen molar-refractivity contribution in [1.82, 2.24) is 10.2 Å². The molecule has 2 rings (SSSR count). The molecule has 0 bridgehead atoms. The Morgan fingerprint density at radius 1 is 1.06 bits per heavy atom. The Bertz CT molecular complexity index is 1160. The molecule has 9 nitrogen and oxygen atoms in total. The predicted molar refractivity (Wildman–Crippen MR) is 136 cm³/mol. The molecule has 0 aliphatic carbocycles. The van der Waals surface area contributed by atoms with Gasteiger partial charge in [-0.15, -0.1) is 0 Å². The Morgan fingerprint density at radius 3 is 2.26 bits per heavy atom. The van der Waals surface area contributed by atoms with Gasteiger partial charge in [0, 0.05) is 23.7 Å². The molecule has 0 radical (unpaired) electrons. The first-order chi connectivity index (χ1) is 16.4. The topological polar surface area (TPSA) is 105 Å². The monoisotopic (exact) mass is 525 g/mol. The average Bonchev–Trinajstić information content (AvgIpc) is 2.79. The van der Waals surface area contributed by atoms with E-state index >= 15 is 0 Å². The lowest BCUT2D eigenvalue weighted by molar-refractivity contribution is -0.139. The first-order valence-electron chi connectivity index (χ1n) is 10.9. The van der Waals surface area contributed by atoms with Crippen molar-refractivity contribution in [2.45, 2.75) is 39.4 Å². The molecule has 192 valence electrons. The van der Waals surface area contributed by atoms with Crippen molar-refractivity contribution in [2.24, 2.45) is 0 Å². The number of methoxy groups -OCH3 is 2. The van der Waals surface area contributed by atoms with E-state index in [-0.39, 0.29) is 29.9 Å². The van der Waals surface area contributed by atoms with E-state index in [0.29, 0.717) is 16.3 Å². The van der Waals surface area contributed by atoms with Crippen LogP contribution < -0.4 is 19.1 Å². The number of hydrogen-bond donors (Lipinski definition) is 1. The van der Waals surface area contributed by atoms with Crippen LogP contribution in [0.4, 0.5) is 5.69 Å². The fourth-order valence-electron chi connectivity index (χ4n) is 3.38. The molecule has 0 aromatic heterocycles.